The van der Waals surface area contributed by atoms with Crippen LogP contribution in [0.4, 0.5) is 11.4 Å². The number of carboxylic acid groups (broad SMARTS) is 1. The Kier molecular flexibility index (Phi) is 10.4. The number of amidine groups is 1. The monoisotopic (exact) mass is 708 g/mol. The number of aromatic hydroxyl groups is 1. The van der Waals surface area contributed by atoms with Gasteiger partial charge in [0.15, 0.2) is 15.6 Å². The summed E-state index contributed by atoms with van der Waals surface area (Å²) in [6, 6.07) is 10.7. The van der Waals surface area contributed by atoms with Crippen molar-refractivity contribution in [1.29, 1.82) is 0 Å². The van der Waals surface area contributed by atoms with Crippen molar-refractivity contribution in [2.45, 2.75) is 14.7 Å². The SMILES string of the molecule is O=C(O)c1ccc(S(=O)(=O)O)cc1N/N=C(/N=N/c1cc(S(=O)(=O)CCOS(=O)(=O)O)cc(S(=O)(=O)O)c1O)c1ccccc1. The molecule has 0 amide bonds. The summed E-state index contributed by atoms with van der Waals surface area (Å²) in [7, 11) is -19.7. The van der Waals surface area contributed by atoms with Gasteiger partial charge in [-0.3, -0.25) is 19.1 Å². The van der Waals surface area contributed by atoms with Gasteiger partial charge in [0.2, 0.25) is 5.84 Å². The van der Waals surface area contributed by atoms with Crippen molar-refractivity contribution in [2.75, 3.05) is 17.8 Å². The number of hydrogen-bond donors (Lipinski definition) is 6. The number of phenolic OH excluding ortho intramolecular Hbond substituents is 1. The smallest absolute Gasteiger partial charge is 0.397 e. The quantitative estimate of drug-likeness (QED) is 0.0513. The normalized spacial score (nSPS) is 13.2. The molecule has 0 aromatic heterocycles. The van der Waals surface area contributed by atoms with Gasteiger partial charge in [0, 0.05) is 5.56 Å². The Morgan fingerprint density at radius 2 is 1.47 bits per heavy atom. The van der Waals surface area contributed by atoms with Gasteiger partial charge in [0.1, 0.15) is 10.6 Å². The summed E-state index contributed by atoms with van der Waals surface area (Å²) in [4.78, 5) is 8.70. The van der Waals surface area contributed by atoms with E-state index in [1.165, 1.54) is 24.3 Å². The van der Waals surface area contributed by atoms with E-state index in [1.807, 2.05) is 0 Å². The number of aromatic carboxylic acids is 1. The molecule has 0 saturated carbocycles. The van der Waals surface area contributed by atoms with Crippen LogP contribution in [0.15, 0.2) is 90.7 Å². The van der Waals surface area contributed by atoms with Crippen LogP contribution in [0.1, 0.15) is 15.9 Å². The van der Waals surface area contributed by atoms with Crippen molar-refractivity contribution in [3.8, 4) is 5.75 Å². The largest absolute Gasteiger partial charge is 0.504 e. The highest BCUT2D eigenvalue weighted by atomic mass is 32.3. The minimum atomic E-state index is -5.30. The van der Waals surface area contributed by atoms with Gasteiger partial charge in [-0.2, -0.15) is 30.4 Å². The molecule has 45 heavy (non-hydrogen) atoms. The Balaban J connectivity index is 2.15. The van der Waals surface area contributed by atoms with Crippen molar-refractivity contribution in [2.24, 2.45) is 15.3 Å². The molecule has 0 heterocycles. The highest BCUT2D eigenvalue weighted by Gasteiger charge is 2.26. The lowest BCUT2D eigenvalue weighted by atomic mass is 10.2. The Morgan fingerprint density at radius 3 is 2.02 bits per heavy atom. The zero-order valence-electron chi connectivity index (χ0n) is 22.0. The summed E-state index contributed by atoms with van der Waals surface area (Å²) in [5.74, 6) is -4.37. The van der Waals surface area contributed by atoms with E-state index >= 15 is 0 Å². The van der Waals surface area contributed by atoms with Crippen LogP contribution in [0.5, 0.6) is 5.75 Å². The number of benzene rings is 3. The lowest BCUT2D eigenvalue weighted by molar-refractivity contribution is 0.0697. The van der Waals surface area contributed by atoms with Crippen molar-refractivity contribution in [3.05, 3.63) is 71.8 Å². The van der Waals surface area contributed by atoms with Gasteiger partial charge in [0.05, 0.1) is 33.4 Å². The predicted octanol–water partition coefficient (Wildman–Crippen LogP) is 1.73. The van der Waals surface area contributed by atoms with Gasteiger partial charge < -0.3 is 10.2 Å². The summed E-state index contributed by atoms with van der Waals surface area (Å²) >= 11 is 0. The predicted molar refractivity (Wildman–Crippen MR) is 152 cm³/mol. The second-order valence-corrected chi connectivity index (χ2v) is 14.4. The third-order valence-electron chi connectivity index (χ3n) is 5.34. The molecule has 0 spiro atoms. The molecule has 3 aromatic rings. The van der Waals surface area contributed by atoms with Crippen LogP contribution < -0.4 is 5.43 Å². The van der Waals surface area contributed by atoms with E-state index in [0.717, 1.165) is 18.2 Å². The number of phenols is 1. The zero-order valence-corrected chi connectivity index (χ0v) is 25.2. The number of hydrogen-bond acceptors (Lipinski definition) is 14. The summed E-state index contributed by atoms with van der Waals surface area (Å²) in [5.41, 5.74) is 0.582. The number of hydrazone groups is 1. The Morgan fingerprint density at radius 1 is 0.822 bits per heavy atom. The summed E-state index contributed by atoms with van der Waals surface area (Å²) < 4.78 is 125. The van der Waals surface area contributed by atoms with Gasteiger partial charge in [-0.25, -0.2) is 17.4 Å². The van der Waals surface area contributed by atoms with Crippen molar-refractivity contribution < 1.29 is 66.5 Å². The van der Waals surface area contributed by atoms with Crippen LogP contribution in [0, 0.1) is 0 Å². The molecule has 3 aromatic carbocycles. The van der Waals surface area contributed by atoms with Gasteiger partial charge in [-0.1, -0.05) is 30.3 Å². The van der Waals surface area contributed by atoms with E-state index in [2.05, 4.69) is 24.9 Å². The number of carboxylic acids is 1. The molecule has 0 aliphatic heterocycles. The minimum Gasteiger partial charge on any atom is -0.504 e. The molecule has 242 valence electrons. The standard InChI is InChI=1S/C22H20N4O15S4/c27-20-18(11-15(12-19(20)44(35,36)37)42(30,31)9-8-41-45(38,39)40)24-26-21(13-4-2-1-3-5-13)25-23-17-10-14(43(32,33)34)6-7-16(17)22(28)29/h1-7,10-12,23,27H,8-9H2,(H,28,29)(H,32,33,34)(H,35,36,37)(H,38,39,40)/b25-21+,26-24+. The van der Waals surface area contributed by atoms with Crippen LogP contribution in [-0.4, -0.2) is 81.7 Å². The molecule has 0 radical (unpaired) electrons. The van der Waals surface area contributed by atoms with E-state index in [0.29, 0.717) is 12.1 Å². The summed E-state index contributed by atoms with van der Waals surface area (Å²) in [6.45, 7) is -1.10. The fourth-order valence-corrected chi connectivity index (χ4v) is 6.03. The second-order valence-electron chi connectivity index (χ2n) is 8.43. The van der Waals surface area contributed by atoms with Crippen LogP contribution >= 0.6 is 0 Å². The van der Waals surface area contributed by atoms with Crippen molar-refractivity contribution in [1.82, 2.24) is 0 Å². The molecule has 19 nitrogen and oxygen atoms in total. The van der Waals surface area contributed by atoms with Gasteiger partial charge in [-0.05, 0) is 30.3 Å². The third-order valence-corrected chi connectivity index (χ3v) is 9.17. The second kappa shape index (κ2) is 13.3. The van der Waals surface area contributed by atoms with Crippen LogP contribution in [0.25, 0.3) is 0 Å². The summed E-state index contributed by atoms with van der Waals surface area (Å²) in [6.07, 6.45) is 0. The van der Waals surface area contributed by atoms with Crippen LogP contribution in [-0.2, 0) is 44.7 Å². The Bertz CT molecular complexity index is 2130. The number of anilines is 1. The topological polar surface area (TPSA) is 313 Å². The molecular weight excluding hydrogens is 689 g/mol. The molecule has 0 bridgehead atoms. The average Bonchev–Trinajstić information content (AvgIpc) is 2.92. The Hall–Kier alpha value is -4.36. The molecule has 0 atom stereocenters. The number of azo groups is 1. The highest BCUT2D eigenvalue weighted by molar-refractivity contribution is 7.91. The number of nitrogens with zero attached hydrogens (tertiary/aromatic N) is 3. The molecule has 0 fully saturated rings. The van der Waals surface area contributed by atoms with E-state index in [-0.39, 0.29) is 5.56 Å². The van der Waals surface area contributed by atoms with Gasteiger partial charge in [-0.15, -0.1) is 10.2 Å². The molecule has 0 aliphatic rings. The first kappa shape index (κ1) is 35.1. The molecule has 23 heteroatoms. The minimum absolute atomic E-state index is 0.136. The third kappa shape index (κ3) is 9.56. The summed E-state index contributed by atoms with van der Waals surface area (Å²) in [5, 5.41) is 31.2. The lowest BCUT2D eigenvalue weighted by Crippen LogP contribution is -2.16. The Labute approximate surface area is 254 Å². The van der Waals surface area contributed by atoms with Crippen LogP contribution in [0.2, 0.25) is 0 Å². The van der Waals surface area contributed by atoms with Crippen molar-refractivity contribution >= 4 is 63.7 Å². The maximum atomic E-state index is 12.7. The fourth-order valence-electron chi connectivity index (χ4n) is 3.30. The number of nitrogens with one attached hydrogen (secondary N) is 1. The first-order valence-electron chi connectivity index (χ1n) is 11.5. The molecular formula is C22H20N4O15S4. The number of carbonyl (C=O) groups is 1. The maximum absolute atomic E-state index is 12.7. The first-order chi connectivity index (χ1) is 20.7. The first-order valence-corrected chi connectivity index (χ1v) is 17.4. The molecule has 0 aliphatic carbocycles. The number of sulfone groups is 1. The lowest BCUT2D eigenvalue weighted by Gasteiger charge is -2.10. The fraction of sp³-hybridized carbons (Fsp3) is 0.0909. The van der Waals surface area contributed by atoms with Gasteiger partial charge in [0.25, 0.3) is 20.2 Å². The molecule has 0 saturated heterocycles. The zero-order chi connectivity index (χ0) is 33.8. The number of rotatable bonds is 12. The highest BCUT2D eigenvalue weighted by Crippen LogP contribution is 2.37. The maximum Gasteiger partial charge on any atom is 0.397 e. The molecule has 0 unspecified atom stereocenters. The van der Waals surface area contributed by atoms with E-state index < -0.39 is 102 Å². The van der Waals surface area contributed by atoms with E-state index in [4.69, 9.17) is 4.55 Å². The molecule has 6 N–H and O–H groups in total. The van der Waals surface area contributed by atoms with Crippen LogP contribution in [0.3, 0.4) is 0 Å². The van der Waals surface area contributed by atoms with Gasteiger partial charge >= 0.3 is 16.4 Å². The van der Waals surface area contributed by atoms with E-state index in [1.54, 1.807) is 6.07 Å². The van der Waals surface area contributed by atoms with Crippen molar-refractivity contribution in [3.63, 3.8) is 0 Å². The van der Waals surface area contributed by atoms with E-state index in [9.17, 15) is 57.8 Å². The average molecular weight is 709 g/mol. The molecule has 3 rings (SSSR count).